The number of methoxy groups -OCH3 is 1. The minimum Gasteiger partial charge on any atom is -0.497 e. The monoisotopic (exact) mass is 366 g/mol. The molecule has 2 rings (SSSR count). The quantitative estimate of drug-likeness (QED) is 0.838. The topological polar surface area (TPSA) is 41.6 Å². The van der Waals surface area contributed by atoms with E-state index < -0.39 is 0 Å². The second-order valence-corrected chi connectivity index (χ2v) is 6.35. The number of carbonyl (C=O) groups excluding carboxylic acids is 1. The number of benzene rings is 2. The fourth-order valence-electron chi connectivity index (χ4n) is 2.39. The molecule has 128 valence electrons. The van der Waals surface area contributed by atoms with E-state index in [-0.39, 0.29) is 17.0 Å². The van der Waals surface area contributed by atoms with Crippen LogP contribution in [0.4, 0.5) is 0 Å². The fourth-order valence-corrected chi connectivity index (χ4v) is 2.77. The summed E-state index contributed by atoms with van der Waals surface area (Å²) in [5.41, 5.74) is 1.45. The Bertz CT molecular complexity index is 703. The van der Waals surface area contributed by atoms with Gasteiger partial charge in [-0.3, -0.25) is 4.79 Å². The second-order valence-electron chi connectivity index (χ2n) is 5.56. The zero-order valence-electron chi connectivity index (χ0n) is 13.8. The van der Waals surface area contributed by atoms with E-state index in [9.17, 15) is 4.79 Å². The van der Waals surface area contributed by atoms with Crippen LogP contribution < -0.4 is 10.1 Å². The molecule has 0 aliphatic heterocycles. The van der Waals surface area contributed by atoms with Crippen LogP contribution in [0.5, 0.6) is 5.75 Å². The van der Waals surface area contributed by atoms with Crippen molar-refractivity contribution in [2.75, 3.05) is 27.7 Å². The smallest absolute Gasteiger partial charge is 0.252 e. The standard InChI is InChI=1S/C18H20Cl2N2O2/c1-22(2)16(12-7-9-13(24-3)10-8-12)11-21-18(23)14-5-4-6-15(19)17(14)20/h4-10,16H,11H2,1-3H3,(H,21,23)/t16-/m1/s1. The molecule has 0 bridgehead atoms. The van der Waals surface area contributed by atoms with Gasteiger partial charge in [-0.15, -0.1) is 0 Å². The molecule has 6 heteroatoms. The van der Waals surface area contributed by atoms with Gasteiger partial charge in [-0.2, -0.15) is 0 Å². The lowest BCUT2D eigenvalue weighted by Gasteiger charge is -2.25. The molecule has 1 atom stereocenters. The fraction of sp³-hybridized carbons (Fsp3) is 0.278. The molecule has 4 nitrogen and oxygen atoms in total. The van der Waals surface area contributed by atoms with E-state index in [4.69, 9.17) is 27.9 Å². The summed E-state index contributed by atoms with van der Waals surface area (Å²) >= 11 is 12.1. The van der Waals surface area contributed by atoms with Crippen LogP contribution >= 0.6 is 23.2 Å². The number of likely N-dealkylation sites (N-methyl/N-ethyl adjacent to an activating group) is 1. The Hall–Kier alpha value is -1.75. The third-order valence-electron chi connectivity index (χ3n) is 3.78. The largest absolute Gasteiger partial charge is 0.497 e. The highest BCUT2D eigenvalue weighted by Crippen LogP contribution is 2.26. The molecule has 0 aromatic heterocycles. The summed E-state index contributed by atoms with van der Waals surface area (Å²) in [5.74, 6) is 0.550. The number of hydrogen-bond donors (Lipinski definition) is 1. The molecule has 0 fully saturated rings. The summed E-state index contributed by atoms with van der Waals surface area (Å²) < 4.78 is 5.18. The molecule has 0 aliphatic rings. The first-order valence-corrected chi connectivity index (χ1v) is 8.22. The first kappa shape index (κ1) is 18.6. The van der Waals surface area contributed by atoms with Crippen molar-refractivity contribution < 1.29 is 9.53 Å². The highest BCUT2D eigenvalue weighted by molar-refractivity contribution is 6.43. The first-order valence-electron chi connectivity index (χ1n) is 7.46. The molecule has 0 radical (unpaired) electrons. The van der Waals surface area contributed by atoms with Crippen molar-refractivity contribution in [2.45, 2.75) is 6.04 Å². The molecule has 24 heavy (non-hydrogen) atoms. The van der Waals surface area contributed by atoms with Gasteiger partial charge in [0.15, 0.2) is 0 Å². The summed E-state index contributed by atoms with van der Waals surface area (Å²) in [4.78, 5) is 14.4. The van der Waals surface area contributed by atoms with Gasteiger partial charge in [0.05, 0.1) is 28.8 Å². The summed E-state index contributed by atoms with van der Waals surface area (Å²) in [5, 5.41) is 3.55. The Labute approximate surface area is 152 Å². The molecule has 1 N–H and O–H groups in total. The predicted molar refractivity (Wildman–Crippen MR) is 98.2 cm³/mol. The number of halogens is 2. The average molecular weight is 367 g/mol. The lowest BCUT2D eigenvalue weighted by atomic mass is 10.1. The van der Waals surface area contributed by atoms with Crippen molar-refractivity contribution >= 4 is 29.1 Å². The van der Waals surface area contributed by atoms with Crippen molar-refractivity contribution in [3.63, 3.8) is 0 Å². The second kappa shape index (κ2) is 8.38. The molecule has 0 saturated carbocycles. The maximum absolute atomic E-state index is 12.4. The van der Waals surface area contributed by atoms with Crippen LogP contribution in [0.1, 0.15) is 22.0 Å². The van der Waals surface area contributed by atoms with Crippen molar-refractivity contribution in [1.82, 2.24) is 10.2 Å². The van der Waals surface area contributed by atoms with Crippen LogP contribution in [0.15, 0.2) is 42.5 Å². The van der Waals surface area contributed by atoms with Crippen LogP contribution in [0.25, 0.3) is 0 Å². The summed E-state index contributed by atoms with van der Waals surface area (Å²) in [6.45, 7) is 0.445. The van der Waals surface area contributed by atoms with Gasteiger partial charge in [0, 0.05) is 6.54 Å². The van der Waals surface area contributed by atoms with Gasteiger partial charge < -0.3 is 15.0 Å². The van der Waals surface area contributed by atoms with Crippen LogP contribution in [-0.4, -0.2) is 38.6 Å². The van der Waals surface area contributed by atoms with E-state index in [1.807, 2.05) is 43.3 Å². The third-order valence-corrected chi connectivity index (χ3v) is 4.60. The Morgan fingerprint density at radius 1 is 1.17 bits per heavy atom. The third kappa shape index (κ3) is 4.41. The molecule has 0 heterocycles. The van der Waals surface area contributed by atoms with Gasteiger partial charge in [-0.25, -0.2) is 0 Å². The number of carbonyl (C=O) groups is 1. The average Bonchev–Trinajstić information content (AvgIpc) is 2.57. The lowest BCUT2D eigenvalue weighted by Crippen LogP contribution is -2.34. The number of nitrogens with zero attached hydrogens (tertiary/aromatic N) is 1. The highest BCUT2D eigenvalue weighted by atomic mass is 35.5. The van der Waals surface area contributed by atoms with Gasteiger partial charge >= 0.3 is 0 Å². The zero-order valence-corrected chi connectivity index (χ0v) is 15.4. The summed E-state index contributed by atoms with van der Waals surface area (Å²) in [6, 6.07) is 12.8. The van der Waals surface area contributed by atoms with Crippen molar-refractivity contribution in [2.24, 2.45) is 0 Å². The van der Waals surface area contributed by atoms with Gasteiger partial charge in [-0.05, 0) is 43.9 Å². The molecule has 0 aliphatic carbocycles. The van der Waals surface area contributed by atoms with E-state index in [0.717, 1.165) is 11.3 Å². The normalized spacial score (nSPS) is 12.1. The van der Waals surface area contributed by atoms with Gasteiger partial charge in [0.1, 0.15) is 5.75 Å². The van der Waals surface area contributed by atoms with E-state index in [1.54, 1.807) is 25.3 Å². The number of nitrogens with one attached hydrogen (secondary N) is 1. The zero-order chi connectivity index (χ0) is 17.7. The Kier molecular flexibility index (Phi) is 6.49. The Balaban J connectivity index is 2.11. The number of hydrogen-bond acceptors (Lipinski definition) is 3. The Morgan fingerprint density at radius 3 is 2.42 bits per heavy atom. The minimum atomic E-state index is -0.247. The maximum atomic E-state index is 12.4. The van der Waals surface area contributed by atoms with Crippen LogP contribution in [0, 0.1) is 0 Å². The van der Waals surface area contributed by atoms with Gasteiger partial charge in [0.25, 0.3) is 5.91 Å². The van der Waals surface area contributed by atoms with E-state index in [0.29, 0.717) is 17.1 Å². The predicted octanol–water partition coefficient (Wildman–Crippen LogP) is 4.03. The van der Waals surface area contributed by atoms with Crippen LogP contribution in [-0.2, 0) is 0 Å². The van der Waals surface area contributed by atoms with Crippen molar-refractivity contribution in [3.05, 3.63) is 63.6 Å². The van der Waals surface area contributed by atoms with E-state index in [1.165, 1.54) is 0 Å². The molecular weight excluding hydrogens is 347 g/mol. The first-order chi connectivity index (χ1) is 11.4. The van der Waals surface area contributed by atoms with Crippen LogP contribution in [0.3, 0.4) is 0 Å². The molecule has 1 amide bonds. The molecule has 0 spiro atoms. The number of ether oxygens (including phenoxy) is 1. The summed E-state index contributed by atoms with van der Waals surface area (Å²) in [7, 11) is 5.56. The van der Waals surface area contributed by atoms with Crippen molar-refractivity contribution in [1.29, 1.82) is 0 Å². The highest BCUT2D eigenvalue weighted by Gasteiger charge is 2.18. The maximum Gasteiger partial charge on any atom is 0.252 e. The molecule has 2 aromatic carbocycles. The van der Waals surface area contributed by atoms with Crippen LogP contribution in [0.2, 0.25) is 10.0 Å². The molecule has 2 aromatic rings. The van der Waals surface area contributed by atoms with Gasteiger partial charge in [0.2, 0.25) is 0 Å². The SMILES string of the molecule is COc1ccc([C@@H](CNC(=O)c2cccc(Cl)c2Cl)N(C)C)cc1. The Morgan fingerprint density at radius 2 is 1.83 bits per heavy atom. The number of rotatable bonds is 6. The lowest BCUT2D eigenvalue weighted by molar-refractivity contribution is 0.0942. The van der Waals surface area contributed by atoms with E-state index in [2.05, 4.69) is 5.32 Å². The molecule has 0 unspecified atom stereocenters. The summed E-state index contributed by atoms with van der Waals surface area (Å²) in [6.07, 6.45) is 0. The molecule has 0 saturated heterocycles. The van der Waals surface area contributed by atoms with Crippen molar-refractivity contribution in [3.8, 4) is 5.75 Å². The number of amides is 1. The van der Waals surface area contributed by atoms with E-state index >= 15 is 0 Å². The minimum absolute atomic E-state index is 0.0258. The molecular formula is C18H20Cl2N2O2. The van der Waals surface area contributed by atoms with Gasteiger partial charge in [-0.1, -0.05) is 41.4 Å².